The lowest BCUT2D eigenvalue weighted by molar-refractivity contribution is 0.136. The first-order valence-electron chi connectivity index (χ1n) is 6.28. The van der Waals surface area contributed by atoms with Gasteiger partial charge in [-0.1, -0.05) is 18.2 Å². The number of nitrogens with one attached hydrogen (secondary N) is 1. The molecule has 0 unspecified atom stereocenters. The van der Waals surface area contributed by atoms with E-state index in [4.69, 9.17) is 5.26 Å². The number of hydrogen-bond donors (Lipinski definition) is 2. The second kappa shape index (κ2) is 5.89. The number of nitrogens with zero attached hydrogens (tertiary/aromatic N) is 2. The fraction of sp³-hybridized carbons (Fsp3) is 0.462. The van der Waals surface area contributed by atoms with Crippen LogP contribution in [-0.2, 0) is 15.8 Å². The van der Waals surface area contributed by atoms with Crippen molar-refractivity contribution in [2.75, 3.05) is 20.1 Å². The number of aliphatic hydroxyl groups is 1. The molecule has 0 spiro atoms. The molecule has 6 nitrogen and oxygen atoms in total. The summed E-state index contributed by atoms with van der Waals surface area (Å²) in [5, 5.41) is 21.7. The molecule has 2 atom stereocenters. The highest BCUT2D eigenvalue weighted by atomic mass is 32.2. The number of rotatable bonds is 4. The van der Waals surface area contributed by atoms with Crippen LogP contribution in [0.2, 0.25) is 0 Å². The van der Waals surface area contributed by atoms with E-state index in [1.54, 1.807) is 24.3 Å². The van der Waals surface area contributed by atoms with Crippen LogP contribution in [0.5, 0.6) is 0 Å². The molecular weight excluding hydrogens is 278 g/mol. The number of hydrogen-bond acceptors (Lipinski definition) is 5. The van der Waals surface area contributed by atoms with Crippen LogP contribution in [0.25, 0.3) is 0 Å². The van der Waals surface area contributed by atoms with Gasteiger partial charge in [-0.2, -0.15) is 9.57 Å². The molecule has 1 aliphatic rings. The van der Waals surface area contributed by atoms with Crippen molar-refractivity contribution in [2.24, 2.45) is 0 Å². The molecule has 108 valence electrons. The van der Waals surface area contributed by atoms with E-state index in [0.29, 0.717) is 24.2 Å². The summed E-state index contributed by atoms with van der Waals surface area (Å²) in [7, 11) is -2.12. The summed E-state index contributed by atoms with van der Waals surface area (Å²) in [5.41, 5.74) is 0.830. The first-order valence-corrected chi connectivity index (χ1v) is 7.89. The number of benzene rings is 1. The van der Waals surface area contributed by atoms with Crippen molar-refractivity contribution < 1.29 is 13.5 Å². The smallest absolute Gasteiger partial charge is 0.218 e. The molecule has 1 fully saturated rings. The molecular formula is C13H17N3O3S. The normalized spacial score (nSPS) is 22.9. The minimum absolute atomic E-state index is 0.240. The van der Waals surface area contributed by atoms with Gasteiger partial charge in [-0.15, -0.1) is 0 Å². The fourth-order valence-electron chi connectivity index (χ4n) is 2.28. The summed E-state index contributed by atoms with van der Waals surface area (Å²) in [5.74, 6) is -0.240. The topological polar surface area (TPSA) is 93.4 Å². The molecule has 0 radical (unpaired) electrons. The van der Waals surface area contributed by atoms with E-state index in [9.17, 15) is 13.5 Å². The first kappa shape index (κ1) is 14.9. The van der Waals surface area contributed by atoms with Gasteiger partial charge < -0.3 is 10.4 Å². The molecule has 0 saturated carbocycles. The van der Waals surface area contributed by atoms with Gasteiger partial charge in [0, 0.05) is 20.1 Å². The molecule has 7 heteroatoms. The Morgan fingerprint density at radius 2 is 2.15 bits per heavy atom. The first-order chi connectivity index (χ1) is 9.45. The zero-order chi connectivity index (χ0) is 14.8. The highest BCUT2D eigenvalue weighted by Crippen LogP contribution is 2.18. The summed E-state index contributed by atoms with van der Waals surface area (Å²) in [4.78, 5) is 0. The summed E-state index contributed by atoms with van der Waals surface area (Å²) in [6, 6.07) is 8.16. The zero-order valence-corrected chi connectivity index (χ0v) is 12.0. The quantitative estimate of drug-likeness (QED) is 0.792. The number of aliphatic hydroxyl groups excluding tert-OH is 1. The molecule has 0 amide bonds. The van der Waals surface area contributed by atoms with E-state index in [-0.39, 0.29) is 5.75 Å². The summed E-state index contributed by atoms with van der Waals surface area (Å²) in [6.45, 7) is 0.816. The number of β-amino-alcohol motifs (C(OH)–C–C–N with tert-alkyl or cyclic N) is 1. The monoisotopic (exact) mass is 295 g/mol. The van der Waals surface area contributed by atoms with Crippen LogP contribution in [0.4, 0.5) is 0 Å². The predicted molar refractivity (Wildman–Crippen MR) is 74.2 cm³/mol. The van der Waals surface area contributed by atoms with Crippen molar-refractivity contribution in [1.29, 1.82) is 5.26 Å². The van der Waals surface area contributed by atoms with Gasteiger partial charge in [0.25, 0.3) is 0 Å². The maximum Gasteiger partial charge on any atom is 0.218 e. The Hall–Kier alpha value is -1.46. The lowest BCUT2D eigenvalue weighted by Gasteiger charge is -2.25. The van der Waals surface area contributed by atoms with Crippen LogP contribution in [0.15, 0.2) is 24.3 Å². The number of sulfonamides is 1. The Morgan fingerprint density at radius 1 is 1.45 bits per heavy atom. The molecule has 0 aliphatic carbocycles. The third-order valence-corrected chi connectivity index (χ3v) is 5.36. The van der Waals surface area contributed by atoms with Gasteiger partial charge in [-0.3, -0.25) is 0 Å². The maximum absolute atomic E-state index is 12.4. The standard InChI is InChI=1S/C13H17N3O3S/c1-16(12-7-15-8-13(12)17)20(18,19)9-11-5-3-2-4-10(11)6-14/h2-5,12-13,15,17H,7-9H2,1H3/t12-,13-/m1/s1. The largest absolute Gasteiger partial charge is 0.390 e. The highest BCUT2D eigenvalue weighted by molar-refractivity contribution is 7.88. The Labute approximate surface area is 118 Å². The number of nitriles is 1. The van der Waals surface area contributed by atoms with Crippen LogP contribution in [0.3, 0.4) is 0 Å². The Kier molecular flexibility index (Phi) is 4.40. The second-order valence-corrected chi connectivity index (χ2v) is 6.86. The van der Waals surface area contributed by atoms with E-state index in [2.05, 4.69) is 5.32 Å². The zero-order valence-electron chi connectivity index (χ0n) is 11.2. The van der Waals surface area contributed by atoms with E-state index in [1.807, 2.05) is 6.07 Å². The van der Waals surface area contributed by atoms with E-state index < -0.39 is 22.2 Å². The summed E-state index contributed by atoms with van der Waals surface area (Å²) >= 11 is 0. The third-order valence-electron chi connectivity index (χ3n) is 3.53. The molecule has 2 N–H and O–H groups in total. The van der Waals surface area contributed by atoms with Crippen molar-refractivity contribution in [3.05, 3.63) is 35.4 Å². The summed E-state index contributed by atoms with van der Waals surface area (Å²) < 4.78 is 26.0. The van der Waals surface area contributed by atoms with Crippen LogP contribution in [0, 0.1) is 11.3 Å². The van der Waals surface area contributed by atoms with Crippen molar-refractivity contribution in [1.82, 2.24) is 9.62 Å². The molecule has 1 aromatic carbocycles. The average molecular weight is 295 g/mol. The van der Waals surface area contributed by atoms with Crippen LogP contribution >= 0.6 is 0 Å². The second-order valence-electron chi connectivity index (χ2n) is 4.83. The SMILES string of the molecule is CN([C@@H]1CNC[C@H]1O)S(=O)(=O)Cc1ccccc1C#N. The number of likely N-dealkylation sites (N-methyl/N-ethyl adjacent to an activating group) is 1. The molecule has 1 heterocycles. The van der Waals surface area contributed by atoms with Gasteiger partial charge in [0.05, 0.1) is 29.5 Å². The fourth-order valence-corrected chi connectivity index (χ4v) is 3.76. The van der Waals surface area contributed by atoms with E-state index >= 15 is 0 Å². The minimum atomic E-state index is -3.58. The molecule has 1 aromatic rings. The molecule has 2 rings (SSSR count). The van der Waals surface area contributed by atoms with Crippen molar-refractivity contribution in [3.63, 3.8) is 0 Å². The van der Waals surface area contributed by atoms with Gasteiger partial charge in [0.15, 0.2) is 0 Å². The van der Waals surface area contributed by atoms with Gasteiger partial charge in [0.1, 0.15) is 0 Å². The Morgan fingerprint density at radius 3 is 2.75 bits per heavy atom. The summed E-state index contributed by atoms with van der Waals surface area (Å²) in [6.07, 6.45) is -0.707. The van der Waals surface area contributed by atoms with Crippen molar-refractivity contribution >= 4 is 10.0 Å². The third kappa shape index (κ3) is 2.99. The van der Waals surface area contributed by atoms with Gasteiger partial charge in [0.2, 0.25) is 10.0 Å². The predicted octanol–water partition coefficient (Wildman–Crippen LogP) is -0.347. The molecule has 0 aromatic heterocycles. The van der Waals surface area contributed by atoms with Crippen LogP contribution in [-0.4, -0.2) is 50.1 Å². The van der Waals surface area contributed by atoms with Gasteiger partial charge >= 0.3 is 0 Å². The highest BCUT2D eigenvalue weighted by Gasteiger charge is 2.35. The van der Waals surface area contributed by atoms with Gasteiger partial charge in [-0.25, -0.2) is 8.42 Å². The lowest BCUT2D eigenvalue weighted by atomic mass is 10.1. The van der Waals surface area contributed by atoms with Crippen molar-refractivity contribution in [3.8, 4) is 6.07 Å². The van der Waals surface area contributed by atoms with Gasteiger partial charge in [-0.05, 0) is 11.6 Å². The maximum atomic E-state index is 12.4. The lowest BCUT2D eigenvalue weighted by Crippen LogP contribution is -2.44. The van der Waals surface area contributed by atoms with E-state index in [1.165, 1.54) is 11.4 Å². The average Bonchev–Trinajstić information content (AvgIpc) is 2.84. The minimum Gasteiger partial charge on any atom is -0.390 e. The van der Waals surface area contributed by atoms with Crippen molar-refractivity contribution in [2.45, 2.75) is 17.9 Å². The van der Waals surface area contributed by atoms with Crippen LogP contribution in [0.1, 0.15) is 11.1 Å². The molecule has 20 heavy (non-hydrogen) atoms. The molecule has 1 saturated heterocycles. The van der Waals surface area contributed by atoms with Crippen LogP contribution < -0.4 is 5.32 Å². The Balaban J connectivity index is 2.21. The molecule has 1 aliphatic heterocycles. The Bertz CT molecular complexity index is 624. The molecule has 0 bridgehead atoms. The van der Waals surface area contributed by atoms with E-state index in [0.717, 1.165) is 0 Å².